The number of amides is 2. The lowest BCUT2D eigenvalue weighted by Crippen LogP contribution is -2.44. The Kier molecular flexibility index (Phi) is 6.86. The fourth-order valence-corrected chi connectivity index (χ4v) is 3.36. The molecule has 2 rings (SSSR count). The molecule has 2 amide bonds. The number of carbonyl (C=O) groups excluding carboxylic acids is 1. The number of nitrogens with one attached hydrogen (secondary N) is 2. The zero-order valence-electron chi connectivity index (χ0n) is 13.9. The molecule has 0 heterocycles. The largest absolute Gasteiger partial charge is 0.394 e. The molecule has 1 aliphatic rings. The van der Waals surface area contributed by atoms with E-state index in [1.807, 2.05) is 30.3 Å². The first kappa shape index (κ1) is 17.8. The standard InChI is InChI=1S/C18H28N2O3/c1-23-12-11-18(9-5-6-10-18)14-19-17(22)20-16(13-21)15-7-3-2-4-8-15/h2-4,7-8,16,21H,5-6,9-14H2,1H3,(H2,19,20,22)/t16-/m1/s1. The third-order valence-corrected chi connectivity index (χ3v) is 4.81. The molecule has 0 aromatic heterocycles. The van der Waals surface area contributed by atoms with Crippen molar-refractivity contribution in [3.8, 4) is 0 Å². The van der Waals surface area contributed by atoms with E-state index in [0.29, 0.717) is 6.54 Å². The smallest absolute Gasteiger partial charge is 0.315 e. The molecular formula is C18H28N2O3. The summed E-state index contributed by atoms with van der Waals surface area (Å²) in [6, 6.07) is 8.91. The zero-order chi connectivity index (χ0) is 16.5. The molecule has 1 atom stereocenters. The van der Waals surface area contributed by atoms with E-state index in [1.54, 1.807) is 7.11 Å². The molecule has 0 bridgehead atoms. The van der Waals surface area contributed by atoms with Crippen LogP contribution in [0.4, 0.5) is 4.79 Å². The molecule has 0 aliphatic heterocycles. The van der Waals surface area contributed by atoms with Gasteiger partial charge in [0.05, 0.1) is 12.6 Å². The molecule has 0 radical (unpaired) electrons. The summed E-state index contributed by atoms with van der Waals surface area (Å²) in [6.07, 6.45) is 5.69. The Balaban J connectivity index is 1.85. The summed E-state index contributed by atoms with van der Waals surface area (Å²) < 4.78 is 5.21. The Morgan fingerprint density at radius 2 is 2.00 bits per heavy atom. The summed E-state index contributed by atoms with van der Waals surface area (Å²) in [5.74, 6) is 0. The van der Waals surface area contributed by atoms with Gasteiger partial charge in [0.15, 0.2) is 0 Å². The first-order valence-electron chi connectivity index (χ1n) is 8.38. The van der Waals surface area contributed by atoms with Crippen LogP contribution in [-0.2, 0) is 4.74 Å². The van der Waals surface area contributed by atoms with Gasteiger partial charge in [-0.3, -0.25) is 0 Å². The molecule has 5 nitrogen and oxygen atoms in total. The minimum absolute atomic E-state index is 0.119. The Morgan fingerprint density at radius 1 is 1.30 bits per heavy atom. The average molecular weight is 320 g/mol. The SMILES string of the molecule is COCCC1(CNC(=O)N[C@H](CO)c2ccccc2)CCCC1. The number of urea groups is 1. The highest BCUT2D eigenvalue weighted by atomic mass is 16.5. The first-order chi connectivity index (χ1) is 11.2. The van der Waals surface area contributed by atoms with Gasteiger partial charge >= 0.3 is 6.03 Å². The molecule has 0 unspecified atom stereocenters. The molecule has 23 heavy (non-hydrogen) atoms. The maximum absolute atomic E-state index is 12.2. The molecule has 0 saturated heterocycles. The predicted molar refractivity (Wildman–Crippen MR) is 90.2 cm³/mol. The van der Waals surface area contributed by atoms with Gasteiger partial charge in [0.1, 0.15) is 0 Å². The fourth-order valence-electron chi connectivity index (χ4n) is 3.36. The average Bonchev–Trinajstić information content (AvgIpc) is 3.06. The predicted octanol–water partition coefficient (Wildman–Crippen LogP) is 2.62. The van der Waals surface area contributed by atoms with Crippen LogP contribution in [0.25, 0.3) is 0 Å². The van der Waals surface area contributed by atoms with Crippen LogP contribution < -0.4 is 10.6 Å². The Hall–Kier alpha value is -1.59. The van der Waals surface area contributed by atoms with Gasteiger partial charge in [0, 0.05) is 20.3 Å². The van der Waals surface area contributed by atoms with Crippen LogP contribution in [0.2, 0.25) is 0 Å². The highest BCUT2D eigenvalue weighted by Crippen LogP contribution is 2.40. The van der Waals surface area contributed by atoms with E-state index in [-0.39, 0.29) is 24.1 Å². The Morgan fingerprint density at radius 3 is 2.61 bits per heavy atom. The number of hydrogen-bond donors (Lipinski definition) is 3. The second kappa shape index (κ2) is 8.89. The number of methoxy groups -OCH3 is 1. The highest BCUT2D eigenvalue weighted by Gasteiger charge is 2.33. The second-order valence-electron chi connectivity index (χ2n) is 6.42. The minimum Gasteiger partial charge on any atom is -0.394 e. The molecular weight excluding hydrogens is 292 g/mol. The summed E-state index contributed by atoms with van der Waals surface area (Å²) in [4.78, 5) is 12.2. The van der Waals surface area contributed by atoms with E-state index in [9.17, 15) is 9.90 Å². The summed E-state index contributed by atoms with van der Waals surface area (Å²) in [7, 11) is 1.72. The van der Waals surface area contributed by atoms with Gasteiger partial charge in [-0.2, -0.15) is 0 Å². The quantitative estimate of drug-likeness (QED) is 0.689. The molecule has 0 spiro atoms. The van der Waals surface area contributed by atoms with Crippen molar-refractivity contribution in [1.29, 1.82) is 0 Å². The maximum atomic E-state index is 12.2. The van der Waals surface area contributed by atoms with E-state index in [2.05, 4.69) is 10.6 Å². The van der Waals surface area contributed by atoms with Crippen LogP contribution in [0.1, 0.15) is 43.7 Å². The van der Waals surface area contributed by atoms with Crippen molar-refractivity contribution in [2.75, 3.05) is 26.9 Å². The number of ether oxygens (including phenoxy) is 1. The molecule has 1 aliphatic carbocycles. The van der Waals surface area contributed by atoms with Gasteiger partial charge in [-0.05, 0) is 30.2 Å². The van der Waals surface area contributed by atoms with Gasteiger partial charge < -0.3 is 20.5 Å². The van der Waals surface area contributed by atoms with E-state index < -0.39 is 0 Å². The van der Waals surface area contributed by atoms with Gasteiger partial charge in [-0.15, -0.1) is 0 Å². The minimum atomic E-state index is -0.380. The number of benzene rings is 1. The highest BCUT2D eigenvalue weighted by molar-refractivity contribution is 5.74. The van der Waals surface area contributed by atoms with Crippen LogP contribution in [0.3, 0.4) is 0 Å². The van der Waals surface area contributed by atoms with Gasteiger partial charge in [0.2, 0.25) is 0 Å². The van der Waals surface area contributed by atoms with Crippen molar-refractivity contribution >= 4 is 6.03 Å². The number of rotatable bonds is 8. The number of aliphatic hydroxyl groups excluding tert-OH is 1. The van der Waals surface area contributed by atoms with Crippen LogP contribution in [0.5, 0.6) is 0 Å². The zero-order valence-corrected chi connectivity index (χ0v) is 13.9. The van der Waals surface area contributed by atoms with Crippen molar-refractivity contribution in [1.82, 2.24) is 10.6 Å². The molecule has 1 saturated carbocycles. The van der Waals surface area contributed by atoms with E-state index in [1.165, 1.54) is 12.8 Å². The monoisotopic (exact) mass is 320 g/mol. The van der Waals surface area contributed by atoms with Crippen molar-refractivity contribution in [2.45, 2.75) is 38.1 Å². The third kappa shape index (κ3) is 5.22. The number of carbonyl (C=O) groups is 1. The number of hydrogen-bond acceptors (Lipinski definition) is 3. The van der Waals surface area contributed by atoms with Crippen LogP contribution in [0.15, 0.2) is 30.3 Å². The van der Waals surface area contributed by atoms with E-state index in [0.717, 1.165) is 31.4 Å². The van der Waals surface area contributed by atoms with Crippen LogP contribution in [0, 0.1) is 5.41 Å². The second-order valence-corrected chi connectivity index (χ2v) is 6.42. The molecule has 1 aromatic carbocycles. The first-order valence-corrected chi connectivity index (χ1v) is 8.38. The fraction of sp³-hybridized carbons (Fsp3) is 0.611. The van der Waals surface area contributed by atoms with E-state index in [4.69, 9.17) is 4.74 Å². The Bertz CT molecular complexity index is 472. The topological polar surface area (TPSA) is 70.6 Å². The lowest BCUT2D eigenvalue weighted by molar-refractivity contribution is 0.135. The van der Waals surface area contributed by atoms with Gasteiger partial charge in [-0.25, -0.2) is 4.79 Å². The van der Waals surface area contributed by atoms with Crippen molar-refractivity contribution in [2.24, 2.45) is 5.41 Å². The van der Waals surface area contributed by atoms with Crippen LogP contribution in [-0.4, -0.2) is 38.0 Å². The lowest BCUT2D eigenvalue weighted by atomic mass is 9.83. The third-order valence-electron chi connectivity index (χ3n) is 4.81. The Labute approximate surface area is 138 Å². The molecule has 5 heteroatoms. The van der Waals surface area contributed by atoms with Crippen molar-refractivity contribution in [3.63, 3.8) is 0 Å². The van der Waals surface area contributed by atoms with Crippen molar-refractivity contribution < 1.29 is 14.6 Å². The molecule has 128 valence electrons. The summed E-state index contributed by atoms with van der Waals surface area (Å²) in [5.41, 5.74) is 1.06. The summed E-state index contributed by atoms with van der Waals surface area (Å²) in [5, 5.41) is 15.4. The number of aliphatic hydroxyl groups is 1. The van der Waals surface area contributed by atoms with Gasteiger partial charge in [0.25, 0.3) is 0 Å². The summed E-state index contributed by atoms with van der Waals surface area (Å²) in [6.45, 7) is 1.27. The van der Waals surface area contributed by atoms with Crippen molar-refractivity contribution in [3.05, 3.63) is 35.9 Å². The molecule has 1 fully saturated rings. The molecule has 3 N–H and O–H groups in total. The normalized spacial score (nSPS) is 17.7. The molecule has 1 aromatic rings. The van der Waals surface area contributed by atoms with Gasteiger partial charge in [-0.1, -0.05) is 43.2 Å². The van der Waals surface area contributed by atoms with Crippen LogP contribution >= 0.6 is 0 Å². The van der Waals surface area contributed by atoms with E-state index >= 15 is 0 Å². The lowest BCUT2D eigenvalue weighted by Gasteiger charge is -2.29. The maximum Gasteiger partial charge on any atom is 0.315 e. The summed E-state index contributed by atoms with van der Waals surface area (Å²) >= 11 is 0.